The van der Waals surface area contributed by atoms with E-state index in [4.69, 9.17) is 4.74 Å². The summed E-state index contributed by atoms with van der Waals surface area (Å²) in [4.78, 5) is 5.75. The molecule has 158 valence electrons. The number of fused-ring (bicyclic) bond motifs is 1. The number of hydrogen-bond donors (Lipinski definition) is 2. The topological polar surface area (TPSA) is 57.1 Å². The molecule has 2 N–H and O–H groups in total. The van der Waals surface area contributed by atoms with Crippen LogP contribution < -0.4 is 5.32 Å². The molecular formula is C20H23F4N3O2. The van der Waals surface area contributed by atoms with E-state index in [0.29, 0.717) is 19.2 Å². The SMILES string of the molecule is C=N/C(=C\C=C(/C)N1CCOC2(F)CNCC12)c1c(C)cc(C(F)(F)F)cc1O. The molecule has 0 aromatic heterocycles. The number of allylic oxidation sites excluding steroid dienone is 3. The number of aliphatic imine (C=N–C) groups is 1. The first kappa shape index (κ1) is 21.3. The third-order valence-corrected chi connectivity index (χ3v) is 5.26. The number of aromatic hydroxyl groups is 1. The lowest BCUT2D eigenvalue weighted by Gasteiger charge is -2.42. The Balaban J connectivity index is 1.91. The van der Waals surface area contributed by atoms with Crippen molar-refractivity contribution in [2.75, 3.05) is 26.2 Å². The normalized spacial score (nSPS) is 25.9. The number of morpholine rings is 1. The lowest BCUT2D eigenvalue weighted by Crippen LogP contribution is -2.56. The molecule has 2 heterocycles. The predicted octanol–water partition coefficient (Wildman–Crippen LogP) is 3.63. The predicted molar refractivity (Wildman–Crippen MR) is 102 cm³/mol. The molecule has 0 aliphatic carbocycles. The first-order valence-corrected chi connectivity index (χ1v) is 9.13. The van der Waals surface area contributed by atoms with Crippen molar-refractivity contribution in [2.24, 2.45) is 4.99 Å². The van der Waals surface area contributed by atoms with Crippen molar-refractivity contribution >= 4 is 12.4 Å². The van der Waals surface area contributed by atoms with Crippen molar-refractivity contribution in [1.29, 1.82) is 0 Å². The third kappa shape index (κ3) is 4.16. The highest BCUT2D eigenvalue weighted by Crippen LogP contribution is 2.37. The molecule has 2 saturated heterocycles. The maximum Gasteiger partial charge on any atom is 0.416 e. The standard InChI is InChI=1S/C20H23F4N3O2/c1-12-8-14(20(22,23)24)9-16(28)18(12)15(25-3)5-4-13(2)27-6-7-29-19(21)11-26-10-17(19)27/h4-5,8-9,17,26,28H,3,6-7,10-11H2,1-2H3/b13-4+,15-5-. The molecule has 0 amide bonds. The molecule has 3 rings (SSSR count). The lowest BCUT2D eigenvalue weighted by molar-refractivity contribution is -0.193. The summed E-state index contributed by atoms with van der Waals surface area (Å²) < 4.78 is 58.9. The smallest absolute Gasteiger partial charge is 0.416 e. The van der Waals surface area contributed by atoms with Gasteiger partial charge in [-0.05, 0) is 50.4 Å². The van der Waals surface area contributed by atoms with Gasteiger partial charge in [0.1, 0.15) is 11.8 Å². The number of rotatable bonds is 4. The number of benzene rings is 1. The summed E-state index contributed by atoms with van der Waals surface area (Å²) in [6.45, 7) is 8.05. The number of ether oxygens (including phenoxy) is 1. The lowest BCUT2D eigenvalue weighted by atomic mass is 10.00. The number of nitrogens with zero attached hydrogens (tertiary/aromatic N) is 2. The zero-order chi connectivity index (χ0) is 21.4. The molecule has 2 unspecified atom stereocenters. The molecule has 1 aromatic carbocycles. The molecule has 2 atom stereocenters. The average molecular weight is 413 g/mol. The Morgan fingerprint density at radius 2 is 2.14 bits per heavy atom. The first-order valence-electron chi connectivity index (χ1n) is 9.13. The van der Waals surface area contributed by atoms with Crippen LogP contribution in [-0.2, 0) is 10.9 Å². The minimum atomic E-state index is -4.56. The summed E-state index contributed by atoms with van der Waals surface area (Å²) >= 11 is 0. The number of alkyl halides is 4. The number of halogens is 4. The monoisotopic (exact) mass is 413 g/mol. The van der Waals surface area contributed by atoms with Crippen LogP contribution in [0.5, 0.6) is 5.75 Å². The van der Waals surface area contributed by atoms with Crippen LogP contribution in [0.25, 0.3) is 5.70 Å². The van der Waals surface area contributed by atoms with Crippen LogP contribution in [0.1, 0.15) is 23.6 Å². The average Bonchev–Trinajstić information content (AvgIpc) is 3.04. The van der Waals surface area contributed by atoms with Crippen LogP contribution in [0.15, 0.2) is 35.0 Å². The van der Waals surface area contributed by atoms with E-state index in [-0.39, 0.29) is 30.0 Å². The van der Waals surface area contributed by atoms with Crippen LogP contribution in [-0.4, -0.2) is 54.9 Å². The largest absolute Gasteiger partial charge is 0.507 e. The zero-order valence-corrected chi connectivity index (χ0v) is 16.2. The Bertz CT molecular complexity index is 843. The van der Waals surface area contributed by atoms with Crippen molar-refractivity contribution in [2.45, 2.75) is 31.9 Å². The first-order chi connectivity index (χ1) is 13.6. The molecule has 9 heteroatoms. The van der Waals surface area contributed by atoms with Gasteiger partial charge in [-0.25, -0.2) is 4.39 Å². The van der Waals surface area contributed by atoms with E-state index in [1.165, 1.54) is 6.92 Å². The maximum absolute atomic E-state index is 14.8. The molecule has 2 aliphatic heterocycles. The Morgan fingerprint density at radius 1 is 1.41 bits per heavy atom. The van der Waals surface area contributed by atoms with Crippen LogP contribution >= 0.6 is 0 Å². The van der Waals surface area contributed by atoms with Gasteiger partial charge in [-0.15, -0.1) is 0 Å². The maximum atomic E-state index is 14.8. The van der Waals surface area contributed by atoms with Crippen molar-refractivity contribution in [1.82, 2.24) is 10.2 Å². The molecule has 29 heavy (non-hydrogen) atoms. The van der Waals surface area contributed by atoms with Gasteiger partial charge >= 0.3 is 6.18 Å². The number of phenols is 1. The van der Waals surface area contributed by atoms with E-state index in [2.05, 4.69) is 17.0 Å². The minimum Gasteiger partial charge on any atom is -0.507 e. The molecule has 5 nitrogen and oxygen atoms in total. The van der Waals surface area contributed by atoms with E-state index in [1.807, 2.05) is 4.90 Å². The van der Waals surface area contributed by atoms with Gasteiger partial charge in [-0.1, -0.05) is 0 Å². The second kappa shape index (κ2) is 7.79. The van der Waals surface area contributed by atoms with Crippen molar-refractivity contribution in [3.63, 3.8) is 0 Å². The Labute approximate surface area is 166 Å². The summed E-state index contributed by atoms with van der Waals surface area (Å²) in [5, 5.41) is 13.2. The molecule has 0 radical (unpaired) electrons. The molecule has 2 aliphatic rings. The van der Waals surface area contributed by atoms with Gasteiger partial charge in [0.25, 0.3) is 0 Å². The summed E-state index contributed by atoms with van der Waals surface area (Å²) in [6.07, 6.45) is -1.33. The summed E-state index contributed by atoms with van der Waals surface area (Å²) in [5.41, 5.74) is 0.414. The quantitative estimate of drug-likeness (QED) is 0.450. The Morgan fingerprint density at radius 3 is 2.76 bits per heavy atom. The van der Waals surface area contributed by atoms with Gasteiger partial charge in [0.15, 0.2) is 0 Å². The number of phenolic OH excluding ortho intramolecular Hbond substituents is 1. The highest BCUT2D eigenvalue weighted by atomic mass is 19.4. The highest BCUT2D eigenvalue weighted by molar-refractivity contribution is 5.76. The zero-order valence-electron chi connectivity index (χ0n) is 16.2. The van der Waals surface area contributed by atoms with Crippen molar-refractivity contribution in [3.05, 3.63) is 46.7 Å². The fraction of sp³-hybridized carbons (Fsp3) is 0.450. The number of nitrogens with one attached hydrogen (secondary N) is 1. The fourth-order valence-electron chi connectivity index (χ4n) is 3.81. The second-order valence-electron chi connectivity index (χ2n) is 7.18. The van der Waals surface area contributed by atoms with Crippen LogP contribution in [0, 0.1) is 6.92 Å². The Hall–Kier alpha value is -2.39. The molecule has 0 saturated carbocycles. The van der Waals surface area contributed by atoms with Crippen molar-refractivity contribution < 1.29 is 27.4 Å². The summed E-state index contributed by atoms with van der Waals surface area (Å²) in [6, 6.07) is 1.15. The van der Waals surface area contributed by atoms with Gasteiger partial charge < -0.3 is 20.1 Å². The van der Waals surface area contributed by atoms with Crippen LogP contribution in [0.3, 0.4) is 0 Å². The van der Waals surface area contributed by atoms with Crippen LogP contribution in [0.2, 0.25) is 0 Å². The molecule has 0 bridgehead atoms. The van der Waals surface area contributed by atoms with E-state index in [0.717, 1.165) is 11.8 Å². The minimum absolute atomic E-state index is 0.120. The van der Waals surface area contributed by atoms with Gasteiger partial charge in [0.05, 0.1) is 24.4 Å². The second-order valence-corrected chi connectivity index (χ2v) is 7.18. The van der Waals surface area contributed by atoms with Gasteiger partial charge in [0, 0.05) is 24.4 Å². The molecular weight excluding hydrogens is 390 g/mol. The van der Waals surface area contributed by atoms with Gasteiger partial charge in [-0.3, -0.25) is 4.99 Å². The fourth-order valence-corrected chi connectivity index (χ4v) is 3.81. The van der Waals surface area contributed by atoms with Crippen LogP contribution in [0.4, 0.5) is 17.6 Å². The van der Waals surface area contributed by atoms with Gasteiger partial charge in [0.2, 0.25) is 5.85 Å². The van der Waals surface area contributed by atoms with E-state index < -0.39 is 29.4 Å². The highest BCUT2D eigenvalue weighted by Gasteiger charge is 2.50. The number of aryl methyl sites for hydroxylation is 1. The number of hydrogen-bond acceptors (Lipinski definition) is 5. The summed E-state index contributed by atoms with van der Waals surface area (Å²) in [7, 11) is 0. The summed E-state index contributed by atoms with van der Waals surface area (Å²) in [5.74, 6) is -2.28. The van der Waals surface area contributed by atoms with Gasteiger partial charge in [-0.2, -0.15) is 13.2 Å². The Kier molecular flexibility index (Phi) is 5.73. The van der Waals surface area contributed by atoms with E-state index in [1.54, 1.807) is 19.1 Å². The molecule has 1 aromatic rings. The van der Waals surface area contributed by atoms with Crippen molar-refractivity contribution in [3.8, 4) is 5.75 Å². The molecule has 2 fully saturated rings. The van der Waals surface area contributed by atoms with E-state index in [9.17, 15) is 22.7 Å². The van der Waals surface area contributed by atoms with E-state index >= 15 is 0 Å². The third-order valence-electron chi connectivity index (χ3n) is 5.26. The molecule has 0 spiro atoms.